The van der Waals surface area contributed by atoms with Crippen LogP contribution in [0.3, 0.4) is 0 Å². The summed E-state index contributed by atoms with van der Waals surface area (Å²) in [6.07, 6.45) is 2.80. The Bertz CT molecular complexity index is 1100. The maximum absolute atomic E-state index is 12.9. The molecule has 0 aliphatic carbocycles. The van der Waals surface area contributed by atoms with Crippen molar-refractivity contribution in [3.8, 4) is 0 Å². The molecule has 2 aromatic rings. The summed E-state index contributed by atoms with van der Waals surface area (Å²) >= 11 is 7.12. The predicted molar refractivity (Wildman–Crippen MR) is 121 cm³/mol. The number of hydrogen-bond donors (Lipinski definition) is 2. The summed E-state index contributed by atoms with van der Waals surface area (Å²) in [7, 11) is -3.88. The van der Waals surface area contributed by atoms with Crippen LogP contribution in [0.25, 0.3) is 10.1 Å². The first-order valence-electron chi connectivity index (χ1n) is 10.3. The van der Waals surface area contributed by atoms with Crippen LogP contribution >= 0.6 is 22.9 Å². The zero-order valence-electron chi connectivity index (χ0n) is 16.9. The molecular formula is C20H25ClN4O4S2. The van der Waals surface area contributed by atoms with E-state index in [0.29, 0.717) is 37.5 Å². The van der Waals surface area contributed by atoms with E-state index >= 15 is 0 Å². The van der Waals surface area contributed by atoms with Gasteiger partial charge in [0.1, 0.15) is 10.3 Å². The van der Waals surface area contributed by atoms with E-state index in [-0.39, 0.29) is 28.6 Å². The first kappa shape index (κ1) is 22.5. The molecule has 8 nitrogen and oxygen atoms in total. The fourth-order valence-electron chi connectivity index (χ4n) is 4.24. The molecule has 1 aromatic heterocycles. The number of halogens is 1. The van der Waals surface area contributed by atoms with Crippen molar-refractivity contribution in [1.82, 2.24) is 14.5 Å². The fraction of sp³-hybridized carbons (Fsp3) is 0.500. The average molecular weight is 485 g/mol. The number of nitrogens with zero attached hydrogens (tertiary/aromatic N) is 2. The normalized spacial score (nSPS) is 22.5. The van der Waals surface area contributed by atoms with Crippen LogP contribution in [0.2, 0.25) is 5.02 Å². The quantitative estimate of drug-likeness (QED) is 0.648. The van der Waals surface area contributed by atoms with E-state index in [1.807, 2.05) is 0 Å². The summed E-state index contributed by atoms with van der Waals surface area (Å²) in [6, 6.07) is 5.88. The number of amides is 2. The summed E-state index contributed by atoms with van der Waals surface area (Å²) < 4.78 is 29.3. The molecule has 0 saturated carbocycles. The molecule has 2 atom stereocenters. The first-order chi connectivity index (χ1) is 14.8. The van der Waals surface area contributed by atoms with Gasteiger partial charge in [-0.1, -0.05) is 11.6 Å². The van der Waals surface area contributed by atoms with E-state index in [1.54, 1.807) is 29.2 Å². The molecule has 11 heteroatoms. The highest BCUT2D eigenvalue weighted by molar-refractivity contribution is 7.91. The molecule has 1 aromatic carbocycles. The summed E-state index contributed by atoms with van der Waals surface area (Å²) in [6.45, 7) is 1.44. The van der Waals surface area contributed by atoms with E-state index < -0.39 is 16.1 Å². The van der Waals surface area contributed by atoms with Crippen LogP contribution in [0, 0.1) is 0 Å². The Morgan fingerprint density at radius 1 is 1.23 bits per heavy atom. The number of nitrogens with one attached hydrogen (secondary N) is 1. The SMILES string of the molecule is NC[C@@H]1CCCN1C(=O)CN1CCC[C@H](NS(=O)(=O)c2cc3cc(Cl)ccc3s2)C1=O. The van der Waals surface area contributed by atoms with Crippen molar-refractivity contribution in [3.05, 3.63) is 29.3 Å². The van der Waals surface area contributed by atoms with Crippen molar-refractivity contribution in [1.29, 1.82) is 0 Å². The number of piperidine rings is 1. The maximum Gasteiger partial charge on any atom is 0.250 e. The lowest BCUT2D eigenvalue weighted by Crippen LogP contribution is -2.55. The molecule has 168 valence electrons. The number of carbonyl (C=O) groups is 2. The highest BCUT2D eigenvalue weighted by atomic mass is 35.5. The number of likely N-dealkylation sites (tertiary alicyclic amines) is 2. The molecule has 31 heavy (non-hydrogen) atoms. The molecule has 3 N–H and O–H groups in total. The van der Waals surface area contributed by atoms with Crippen LogP contribution in [0.4, 0.5) is 0 Å². The number of thiophene rings is 1. The van der Waals surface area contributed by atoms with E-state index in [1.165, 1.54) is 4.90 Å². The molecule has 0 spiro atoms. The van der Waals surface area contributed by atoms with Crippen LogP contribution in [0.5, 0.6) is 0 Å². The standard InChI is InChI=1S/C20H25ClN4O4S2/c21-14-5-6-17-13(9-14)10-19(30-17)31(28,29)23-16-4-2-7-24(20(16)27)12-18(26)25-8-1-3-15(25)11-22/h5-6,9-10,15-16,23H,1-4,7-8,11-12,22H2/t15-,16-/m0/s1. The van der Waals surface area contributed by atoms with Crippen molar-refractivity contribution < 1.29 is 18.0 Å². The smallest absolute Gasteiger partial charge is 0.250 e. The summed E-state index contributed by atoms with van der Waals surface area (Å²) in [5, 5.41) is 1.26. The zero-order chi connectivity index (χ0) is 22.2. The van der Waals surface area contributed by atoms with E-state index in [2.05, 4.69) is 4.72 Å². The van der Waals surface area contributed by atoms with Gasteiger partial charge >= 0.3 is 0 Å². The zero-order valence-corrected chi connectivity index (χ0v) is 19.3. The Labute approximate surface area is 190 Å². The Morgan fingerprint density at radius 3 is 2.77 bits per heavy atom. The second kappa shape index (κ2) is 9.03. The first-order valence-corrected chi connectivity index (χ1v) is 13.0. The lowest BCUT2D eigenvalue weighted by molar-refractivity contribution is -0.143. The minimum atomic E-state index is -3.88. The second-order valence-corrected chi connectivity index (χ2v) is 11.4. The van der Waals surface area contributed by atoms with Crippen molar-refractivity contribution in [2.24, 2.45) is 5.73 Å². The van der Waals surface area contributed by atoms with Gasteiger partial charge < -0.3 is 15.5 Å². The van der Waals surface area contributed by atoms with Gasteiger partial charge in [-0.2, -0.15) is 4.72 Å². The van der Waals surface area contributed by atoms with Crippen molar-refractivity contribution in [2.45, 2.75) is 42.0 Å². The van der Waals surface area contributed by atoms with Gasteiger partial charge in [0.05, 0.1) is 6.54 Å². The molecule has 3 heterocycles. The molecule has 0 unspecified atom stereocenters. The molecule has 0 bridgehead atoms. The van der Waals surface area contributed by atoms with Crippen LogP contribution in [0.15, 0.2) is 28.5 Å². The highest BCUT2D eigenvalue weighted by Crippen LogP contribution is 2.31. The lowest BCUT2D eigenvalue weighted by atomic mass is 10.1. The number of nitrogens with two attached hydrogens (primary N) is 1. The number of benzene rings is 1. The van der Waals surface area contributed by atoms with Gasteiger partial charge in [0.15, 0.2) is 0 Å². The van der Waals surface area contributed by atoms with Crippen molar-refractivity contribution in [2.75, 3.05) is 26.2 Å². The van der Waals surface area contributed by atoms with Gasteiger partial charge in [0.25, 0.3) is 10.0 Å². The minimum absolute atomic E-state index is 0.0168. The van der Waals surface area contributed by atoms with Gasteiger partial charge in [0.2, 0.25) is 11.8 Å². The molecule has 2 amide bonds. The molecule has 2 aliphatic rings. The molecule has 0 radical (unpaired) electrons. The minimum Gasteiger partial charge on any atom is -0.337 e. The van der Waals surface area contributed by atoms with E-state index in [9.17, 15) is 18.0 Å². The van der Waals surface area contributed by atoms with Gasteiger partial charge in [0, 0.05) is 35.4 Å². The monoisotopic (exact) mass is 484 g/mol. The third-order valence-corrected chi connectivity index (χ3v) is 9.14. The molecule has 4 rings (SSSR count). The third-order valence-electron chi connectivity index (χ3n) is 5.84. The van der Waals surface area contributed by atoms with Gasteiger partial charge in [-0.15, -0.1) is 11.3 Å². The Hall–Kier alpha value is -1.72. The Morgan fingerprint density at radius 2 is 2.00 bits per heavy atom. The third kappa shape index (κ3) is 4.73. The van der Waals surface area contributed by atoms with E-state index in [0.717, 1.165) is 34.3 Å². The summed E-state index contributed by atoms with van der Waals surface area (Å²) in [5.41, 5.74) is 5.75. The van der Waals surface area contributed by atoms with Crippen LogP contribution in [0.1, 0.15) is 25.7 Å². The van der Waals surface area contributed by atoms with Gasteiger partial charge in [-0.25, -0.2) is 8.42 Å². The number of sulfonamides is 1. The van der Waals surface area contributed by atoms with Crippen LogP contribution in [-0.4, -0.2) is 68.3 Å². The van der Waals surface area contributed by atoms with Gasteiger partial charge in [-0.3, -0.25) is 9.59 Å². The molecule has 2 aliphatic heterocycles. The Balaban J connectivity index is 1.45. The van der Waals surface area contributed by atoms with Crippen molar-refractivity contribution in [3.63, 3.8) is 0 Å². The summed E-state index contributed by atoms with van der Waals surface area (Å²) in [4.78, 5) is 28.8. The number of hydrogen-bond acceptors (Lipinski definition) is 6. The highest BCUT2D eigenvalue weighted by Gasteiger charge is 2.36. The number of carbonyl (C=O) groups excluding carboxylic acids is 2. The Kier molecular flexibility index (Phi) is 6.55. The molecular weight excluding hydrogens is 460 g/mol. The average Bonchev–Trinajstić information content (AvgIpc) is 3.37. The molecule has 2 saturated heterocycles. The van der Waals surface area contributed by atoms with Crippen LogP contribution in [-0.2, 0) is 19.6 Å². The maximum atomic E-state index is 12.9. The number of rotatable bonds is 6. The van der Waals surface area contributed by atoms with E-state index in [4.69, 9.17) is 17.3 Å². The largest absolute Gasteiger partial charge is 0.337 e. The second-order valence-electron chi connectivity index (χ2n) is 7.94. The van der Waals surface area contributed by atoms with Crippen LogP contribution < -0.4 is 10.5 Å². The molecule has 2 fully saturated rings. The van der Waals surface area contributed by atoms with Gasteiger partial charge in [-0.05, 0) is 55.3 Å². The topological polar surface area (TPSA) is 113 Å². The number of fused-ring (bicyclic) bond motifs is 1. The summed E-state index contributed by atoms with van der Waals surface area (Å²) in [5.74, 6) is -0.498. The van der Waals surface area contributed by atoms with Crippen molar-refractivity contribution >= 4 is 54.9 Å². The lowest BCUT2D eigenvalue weighted by Gasteiger charge is -2.34. The predicted octanol–water partition coefficient (Wildman–Crippen LogP) is 1.77. The fourth-order valence-corrected chi connectivity index (χ4v) is 7.04.